The molecule has 7 atom stereocenters. The van der Waals surface area contributed by atoms with E-state index in [-0.39, 0.29) is 42.4 Å². The van der Waals surface area contributed by atoms with Crippen molar-refractivity contribution in [3.63, 3.8) is 0 Å². The standard InChI is InChI=1S/C30H33NO13/c1-3-30(42)10-15(44-18-9-13(24(36)11(2)43-18)31-16(33)7-8-17(34)35)20-23(29(30)41)28(40)21-22(27(20)39)26(38)19-12(25(21)37)5-4-6-14(19)32/h4-6,11,13,15,18,24,29,32,36,39-42H,3,7-10H2,1-2H3,(H,31,33)(H,34,35)/t11-,13-,15-,18-,24+,29+,30+/m0/s1. The number of amides is 1. The van der Waals surface area contributed by atoms with Crippen molar-refractivity contribution in [1.29, 1.82) is 0 Å². The molecule has 236 valence electrons. The van der Waals surface area contributed by atoms with Crippen LogP contribution in [0.4, 0.5) is 0 Å². The van der Waals surface area contributed by atoms with Crippen LogP contribution in [0.3, 0.4) is 0 Å². The minimum absolute atomic E-state index is 0.0583. The van der Waals surface area contributed by atoms with Gasteiger partial charge in [-0.25, -0.2) is 0 Å². The van der Waals surface area contributed by atoms with E-state index < -0.39 is 106 Å². The molecule has 0 bridgehead atoms. The molecule has 1 saturated heterocycles. The topological polar surface area (TPSA) is 240 Å². The second kappa shape index (κ2) is 11.4. The van der Waals surface area contributed by atoms with Crippen molar-refractivity contribution in [1.82, 2.24) is 5.32 Å². The molecule has 0 saturated carbocycles. The van der Waals surface area contributed by atoms with Crippen LogP contribution in [-0.4, -0.2) is 89.3 Å². The molecule has 2 aliphatic carbocycles. The van der Waals surface area contributed by atoms with E-state index in [1.165, 1.54) is 25.1 Å². The third-order valence-corrected chi connectivity index (χ3v) is 8.68. The number of benzene rings is 2. The summed E-state index contributed by atoms with van der Waals surface area (Å²) in [5.41, 5.74) is -4.44. The summed E-state index contributed by atoms with van der Waals surface area (Å²) >= 11 is 0. The van der Waals surface area contributed by atoms with Crippen LogP contribution in [-0.2, 0) is 19.1 Å². The number of aliphatic hydroxyl groups excluding tert-OH is 2. The Kier molecular flexibility index (Phi) is 8.16. The van der Waals surface area contributed by atoms with Crippen LogP contribution >= 0.6 is 0 Å². The van der Waals surface area contributed by atoms with Crippen LogP contribution in [0, 0.1) is 0 Å². The molecule has 3 aliphatic rings. The molecule has 0 spiro atoms. The van der Waals surface area contributed by atoms with E-state index >= 15 is 0 Å². The van der Waals surface area contributed by atoms with Crippen molar-refractivity contribution in [2.75, 3.05) is 0 Å². The van der Waals surface area contributed by atoms with E-state index in [1.54, 1.807) is 6.92 Å². The maximum absolute atomic E-state index is 13.5. The van der Waals surface area contributed by atoms with E-state index in [1.807, 2.05) is 0 Å². The zero-order chi connectivity index (χ0) is 32.2. The van der Waals surface area contributed by atoms with Gasteiger partial charge in [0.15, 0.2) is 12.1 Å². The quantitative estimate of drug-likeness (QED) is 0.174. The van der Waals surface area contributed by atoms with Gasteiger partial charge in [-0.2, -0.15) is 0 Å². The van der Waals surface area contributed by atoms with Crippen molar-refractivity contribution >= 4 is 23.4 Å². The summed E-state index contributed by atoms with van der Waals surface area (Å²) in [6.45, 7) is 3.07. The predicted molar refractivity (Wildman–Crippen MR) is 147 cm³/mol. The number of hydrogen-bond acceptors (Lipinski definition) is 12. The largest absolute Gasteiger partial charge is 0.507 e. The second-order valence-electron chi connectivity index (χ2n) is 11.4. The normalized spacial score (nSPS) is 29.4. The first-order valence-corrected chi connectivity index (χ1v) is 14.1. The molecule has 1 amide bonds. The molecular formula is C30H33NO13. The first-order chi connectivity index (χ1) is 20.7. The van der Waals surface area contributed by atoms with Gasteiger partial charge in [0.25, 0.3) is 0 Å². The molecule has 14 nitrogen and oxygen atoms in total. The fourth-order valence-electron chi connectivity index (χ4n) is 6.25. The third-order valence-electron chi connectivity index (χ3n) is 8.68. The number of carbonyl (C=O) groups excluding carboxylic acids is 3. The van der Waals surface area contributed by atoms with Crippen LogP contribution in [0.25, 0.3) is 0 Å². The molecule has 0 unspecified atom stereocenters. The van der Waals surface area contributed by atoms with Crippen molar-refractivity contribution in [3.05, 3.63) is 51.6 Å². The van der Waals surface area contributed by atoms with Gasteiger partial charge in [0.05, 0.1) is 47.0 Å². The predicted octanol–water partition coefficient (Wildman–Crippen LogP) is 1.06. The summed E-state index contributed by atoms with van der Waals surface area (Å²) in [4.78, 5) is 50.2. The number of ketones is 2. The summed E-state index contributed by atoms with van der Waals surface area (Å²) < 4.78 is 11.9. The summed E-state index contributed by atoms with van der Waals surface area (Å²) in [6, 6.07) is 2.85. The number of phenols is 3. The van der Waals surface area contributed by atoms with Crippen LogP contribution < -0.4 is 5.32 Å². The molecule has 0 aromatic heterocycles. The lowest BCUT2D eigenvalue weighted by Crippen LogP contribution is -2.55. The highest BCUT2D eigenvalue weighted by molar-refractivity contribution is 6.31. The average molecular weight is 616 g/mol. The smallest absolute Gasteiger partial charge is 0.303 e. The van der Waals surface area contributed by atoms with Gasteiger partial charge in [-0.1, -0.05) is 19.1 Å². The lowest BCUT2D eigenvalue weighted by molar-refractivity contribution is -0.254. The molecule has 44 heavy (non-hydrogen) atoms. The molecule has 8 N–H and O–H groups in total. The Morgan fingerprint density at radius 3 is 2.34 bits per heavy atom. The van der Waals surface area contributed by atoms with Gasteiger partial charge in [-0.05, 0) is 19.4 Å². The SMILES string of the molecule is CC[C@@]1(O)C[C@H](O[C@H]2C[C@H](NC(=O)CCC(=O)O)[C@H](O)[C@H](C)O2)c2c(O)c3c(c(O)c2[C@H]1O)C(=O)c1cccc(O)c1C3=O. The van der Waals surface area contributed by atoms with Gasteiger partial charge >= 0.3 is 5.97 Å². The van der Waals surface area contributed by atoms with Crippen molar-refractivity contribution in [3.8, 4) is 17.2 Å². The molecule has 2 aromatic carbocycles. The lowest BCUT2D eigenvalue weighted by atomic mass is 9.70. The van der Waals surface area contributed by atoms with Gasteiger partial charge in [-0.3, -0.25) is 19.2 Å². The van der Waals surface area contributed by atoms with Gasteiger partial charge in [0.1, 0.15) is 29.5 Å². The van der Waals surface area contributed by atoms with Crippen molar-refractivity contribution < 1.29 is 64.4 Å². The highest BCUT2D eigenvalue weighted by Gasteiger charge is 2.51. The molecule has 2 aromatic rings. The van der Waals surface area contributed by atoms with E-state index in [0.717, 1.165) is 0 Å². The number of nitrogens with one attached hydrogen (secondary N) is 1. The first kappa shape index (κ1) is 31.3. The van der Waals surface area contributed by atoms with Gasteiger partial charge < -0.3 is 50.5 Å². The number of carbonyl (C=O) groups is 4. The van der Waals surface area contributed by atoms with Gasteiger partial charge in [0, 0.05) is 36.0 Å². The van der Waals surface area contributed by atoms with Crippen molar-refractivity contribution in [2.45, 2.75) is 88.3 Å². The van der Waals surface area contributed by atoms with E-state index in [4.69, 9.17) is 14.6 Å². The molecule has 14 heteroatoms. The molecule has 0 radical (unpaired) electrons. The summed E-state index contributed by atoms with van der Waals surface area (Å²) in [7, 11) is 0. The van der Waals surface area contributed by atoms with E-state index in [9.17, 15) is 49.8 Å². The van der Waals surface area contributed by atoms with Crippen LogP contribution in [0.2, 0.25) is 0 Å². The lowest BCUT2D eigenvalue weighted by Gasteiger charge is -2.45. The number of phenolic OH excluding ortho intramolecular Hbond substituents is 3. The van der Waals surface area contributed by atoms with Crippen LogP contribution in [0.15, 0.2) is 18.2 Å². The monoisotopic (exact) mass is 615 g/mol. The summed E-state index contributed by atoms with van der Waals surface area (Å²) in [6.07, 6.45) is -7.79. The zero-order valence-corrected chi connectivity index (χ0v) is 23.8. The number of rotatable bonds is 7. The second-order valence-corrected chi connectivity index (χ2v) is 11.4. The Bertz CT molecular complexity index is 1550. The molecule has 1 fully saturated rings. The highest BCUT2D eigenvalue weighted by Crippen LogP contribution is 2.56. The van der Waals surface area contributed by atoms with Crippen molar-refractivity contribution in [2.24, 2.45) is 0 Å². The number of aliphatic hydroxyl groups is 3. The first-order valence-electron chi connectivity index (χ1n) is 14.1. The van der Waals surface area contributed by atoms with E-state index in [2.05, 4.69) is 5.32 Å². The maximum atomic E-state index is 13.5. The number of ether oxygens (including phenoxy) is 2. The number of aromatic hydroxyl groups is 3. The molecule has 1 heterocycles. The Labute approximate surface area is 250 Å². The summed E-state index contributed by atoms with van der Waals surface area (Å²) in [5, 5.41) is 78.0. The highest BCUT2D eigenvalue weighted by atomic mass is 16.7. The summed E-state index contributed by atoms with van der Waals surface area (Å²) in [5.74, 6) is -5.81. The van der Waals surface area contributed by atoms with Gasteiger partial charge in [0.2, 0.25) is 11.7 Å². The van der Waals surface area contributed by atoms with Crippen LogP contribution in [0.5, 0.6) is 17.2 Å². The Balaban J connectivity index is 1.55. The van der Waals surface area contributed by atoms with Crippen LogP contribution in [0.1, 0.15) is 101 Å². The van der Waals surface area contributed by atoms with Gasteiger partial charge in [-0.15, -0.1) is 0 Å². The number of aliphatic carboxylic acids is 1. The third kappa shape index (κ3) is 5.08. The average Bonchev–Trinajstić information content (AvgIpc) is 2.96. The Morgan fingerprint density at radius 2 is 1.68 bits per heavy atom. The Hall–Kier alpha value is -4.08. The fourth-order valence-corrected chi connectivity index (χ4v) is 6.25. The minimum atomic E-state index is -1.93. The molecule has 5 rings (SSSR count). The Morgan fingerprint density at radius 1 is 1.02 bits per heavy atom. The minimum Gasteiger partial charge on any atom is -0.507 e. The van der Waals surface area contributed by atoms with E-state index in [0.29, 0.717) is 0 Å². The fraction of sp³-hybridized carbons (Fsp3) is 0.467. The maximum Gasteiger partial charge on any atom is 0.303 e. The number of fused-ring (bicyclic) bond motifs is 3. The molecule has 1 aliphatic heterocycles. The molecular weight excluding hydrogens is 582 g/mol. The number of carboxylic acid groups (broad SMARTS) is 1. The number of hydrogen-bond donors (Lipinski definition) is 8. The number of carboxylic acids is 1. The zero-order valence-electron chi connectivity index (χ0n) is 23.8.